The zero-order valence-corrected chi connectivity index (χ0v) is 14.4. The van der Waals surface area contributed by atoms with Crippen LogP contribution in [-0.2, 0) is 5.41 Å². The molecule has 6 heteroatoms. The molecule has 3 aromatic rings. The molecule has 0 fully saturated rings. The van der Waals surface area contributed by atoms with Gasteiger partial charge < -0.3 is 4.98 Å². The number of para-hydroxylation sites is 2. The van der Waals surface area contributed by atoms with Crippen molar-refractivity contribution in [3.63, 3.8) is 0 Å². The third-order valence-corrected chi connectivity index (χ3v) is 4.12. The molecular weight excluding hydrogens is 348 g/mol. The second-order valence-electron chi connectivity index (χ2n) is 5.76. The van der Waals surface area contributed by atoms with Crippen LogP contribution in [0.25, 0.3) is 11.0 Å². The lowest BCUT2D eigenvalue weighted by Crippen LogP contribution is -2.16. The van der Waals surface area contributed by atoms with E-state index < -0.39 is 0 Å². The molecule has 2 heterocycles. The van der Waals surface area contributed by atoms with Crippen LogP contribution < -0.4 is 0 Å². The van der Waals surface area contributed by atoms with Gasteiger partial charge in [0.2, 0.25) is 0 Å². The normalized spacial score (nSPS) is 12.0. The molecule has 0 radical (unpaired) electrons. The minimum atomic E-state index is -0.0903. The number of hydrogen-bond donors (Lipinski definition) is 1. The fourth-order valence-corrected chi connectivity index (χ4v) is 3.20. The molecule has 0 amide bonds. The molecule has 3 rings (SSSR count). The predicted molar refractivity (Wildman–Crippen MR) is 88.6 cm³/mol. The van der Waals surface area contributed by atoms with E-state index in [0.717, 1.165) is 31.6 Å². The van der Waals surface area contributed by atoms with Gasteiger partial charge in [-0.2, -0.15) is 0 Å². The maximum absolute atomic E-state index is 4.63. The SMILES string of the molecule is CC(C)(C)c1nc(Br)cc(Sc2nc3ccccc3[nH]2)n1. The Balaban J connectivity index is 1.95. The largest absolute Gasteiger partial charge is 0.333 e. The van der Waals surface area contributed by atoms with Crippen molar-refractivity contribution in [2.75, 3.05) is 0 Å². The van der Waals surface area contributed by atoms with Crippen molar-refractivity contribution in [1.82, 2.24) is 19.9 Å². The molecule has 0 atom stereocenters. The van der Waals surface area contributed by atoms with E-state index in [9.17, 15) is 0 Å². The Bertz CT molecular complexity index is 759. The number of aromatic nitrogens is 4. The van der Waals surface area contributed by atoms with Crippen LogP contribution in [0.3, 0.4) is 0 Å². The van der Waals surface area contributed by atoms with Crippen molar-refractivity contribution in [2.45, 2.75) is 36.4 Å². The summed E-state index contributed by atoms with van der Waals surface area (Å²) in [7, 11) is 0. The zero-order valence-electron chi connectivity index (χ0n) is 12.0. The van der Waals surface area contributed by atoms with Gasteiger partial charge in [0.15, 0.2) is 5.16 Å². The lowest BCUT2D eigenvalue weighted by molar-refractivity contribution is 0.536. The van der Waals surface area contributed by atoms with Crippen molar-refractivity contribution in [3.05, 3.63) is 40.8 Å². The Morgan fingerprint density at radius 3 is 2.57 bits per heavy atom. The number of benzene rings is 1. The molecule has 1 aromatic carbocycles. The summed E-state index contributed by atoms with van der Waals surface area (Å²) in [4.78, 5) is 16.9. The molecule has 4 nitrogen and oxygen atoms in total. The van der Waals surface area contributed by atoms with Crippen LogP contribution in [0.4, 0.5) is 0 Å². The Morgan fingerprint density at radius 2 is 1.86 bits per heavy atom. The highest BCUT2D eigenvalue weighted by atomic mass is 79.9. The van der Waals surface area contributed by atoms with E-state index in [2.05, 4.69) is 56.6 Å². The summed E-state index contributed by atoms with van der Waals surface area (Å²) in [5, 5.41) is 1.71. The second kappa shape index (κ2) is 5.42. The van der Waals surface area contributed by atoms with Gasteiger partial charge >= 0.3 is 0 Å². The lowest BCUT2D eigenvalue weighted by Gasteiger charge is -2.17. The van der Waals surface area contributed by atoms with E-state index in [1.54, 1.807) is 0 Å². The summed E-state index contributed by atoms with van der Waals surface area (Å²) in [6.45, 7) is 6.30. The lowest BCUT2D eigenvalue weighted by atomic mass is 9.96. The van der Waals surface area contributed by atoms with Gasteiger partial charge in [0.05, 0.1) is 11.0 Å². The minimum Gasteiger partial charge on any atom is -0.333 e. The number of halogens is 1. The summed E-state index contributed by atoms with van der Waals surface area (Å²) in [5.41, 5.74) is 1.90. The van der Waals surface area contributed by atoms with Gasteiger partial charge in [0.1, 0.15) is 15.5 Å². The van der Waals surface area contributed by atoms with Gasteiger partial charge in [-0.1, -0.05) is 32.9 Å². The van der Waals surface area contributed by atoms with E-state index in [1.165, 1.54) is 11.8 Å². The highest BCUT2D eigenvalue weighted by Crippen LogP contribution is 2.29. The summed E-state index contributed by atoms with van der Waals surface area (Å²) in [5.74, 6) is 0.815. The molecular formula is C15H15BrN4S. The maximum atomic E-state index is 4.63. The van der Waals surface area contributed by atoms with Gasteiger partial charge in [-0.25, -0.2) is 15.0 Å². The number of nitrogens with one attached hydrogen (secondary N) is 1. The molecule has 0 aliphatic carbocycles. The summed E-state index contributed by atoms with van der Waals surface area (Å²) in [6, 6.07) is 9.90. The van der Waals surface area contributed by atoms with Crippen molar-refractivity contribution in [1.29, 1.82) is 0 Å². The van der Waals surface area contributed by atoms with E-state index >= 15 is 0 Å². The first-order chi connectivity index (χ1) is 9.91. The van der Waals surface area contributed by atoms with Crippen LogP contribution in [0.1, 0.15) is 26.6 Å². The molecule has 0 bridgehead atoms. The standard InChI is InChI=1S/C15H15BrN4S/c1-15(2,3)13-19-11(16)8-12(20-13)21-14-17-9-6-4-5-7-10(9)18-14/h4-8H,1-3H3,(H,17,18). The van der Waals surface area contributed by atoms with Crippen molar-refractivity contribution >= 4 is 38.7 Å². The zero-order chi connectivity index (χ0) is 15.0. The first-order valence-electron chi connectivity index (χ1n) is 6.59. The molecule has 2 aromatic heterocycles. The van der Waals surface area contributed by atoms with Crippen molar-refractivity contribution in [3.8, 4) is 0 Å². The van der Waals surface area contributed by atoms with Gasteiger partial charge in [0.25, 0.3) is 0 Å². The average molecular weight is 363 g/mol. The Hall–Kier alpha value is -1.40. The van der Waals surface area contributed by atoms with Crippen LogP contribution >= 0.6 is 27.7 Å². The minimum absolute atomic E-state index is 0.0903. The second-order valence-corrected chi connectivity index (χ2v) is 7.59. The van der Waals surface area contributed by atoms with Gasteiger partial charge in [-0.05, 0) is 39.8 Å². The summed E-state index contributed by atoms with van der Waals surface area (Å²) >= 11 is 4.97. The quantitative estimate of drug-likeness (QED) is 0.678. The third kappa shape index (κ3) is 3.27. The summed E-state index contributed by atoms with van der Waals surface area (Å²) < 4.78 is 0.793. The highest BCUT2D eigenvalue weighted by molar-refractivity contribution is 9.10. The maximum Gasteiger partial charge on any atom is 0.172 e. The number of H-pyrrole nitrogens is 1. The molecule has 108 valence electrons. The molecule has 0 spiro atoms. The van der Waals surface area contributed by atoms with Gasteiger partial charge in [-0.3, -0.25) is 0 Å². The Morgan fingerprint density at radius 1 is 1.10 bits per heavy atom. The molecule has 0 aliphatic rings. The molecule has 21 heavy (non-hydrogen) atoms. The number of hydrogen-bond acceptors (Lipinski definition) is 4. The molecule has 0 saturated carbocycles. The Kier molecular flexibility index (Phi) is 3.75. The molecule has 0 unspecified atom stereocenters. The highest BCUT2D eigenvalue weighted by Gasteiger charge is 2.19. The topological polar surface area (TPSA) is 54.5 Å². The molecule has 0 saturated heterocycles. The van der Waals surface area contributed by atoms with Crippen LogP contribution in [0, 0.1) is 0 Å². The predicted octanol–water partition coefficient (Wildman–Crippen LogP) is 4.56. The van der Waals surface area contributed by atoms with Gasteiger partial charge in [0, 0.05) is 11.5 Å². The number of nitrogens with zero attached hydrogens (tertiary/aromatic N) is 3. The van der Waals surface area contributed by atoms with Gasteiger partial charge in [-0.15, -0.1) is 0 Å². The molecule has 0 aliphatic heterocycles. The van der Waals surface area contributed by atoms with Crippen molar-refractivity contribution in [2.24, 2.45) is 0 Å². The van der Waals surface area contributed by atoms with E-state index in [-0.39, 0.29) is 5.41 Å². The molecule has 1 N–H and O–H groups in total. The van der Waals surface area contributed by atoms with E-state index in [0.29, 0.717) is 0 Å². The number of rotatable bonds is 2. The fraction of sp³-hybridized carbons (Fsp3) is 0.267. The fourth-order valence-electron chi connectivity index (χ4n) is 1.86. The average Bonchev–Trinajstić information content (AvgIpc) is 2.79. The number of fused-ring (bicyclic) bond motifs is 1. The van der Waals surface area contributed by atoms with E-state index in [1.807, 2.05) is 30.3 Å². The van der Waals surface area contributed by atoms with E-state index in [4.69, 9.17) is 0 Å². The van der Waals surface area contributed by atoms with Crippen LogP contribution in [0.5, 0.6) is 0 Å². The van der Waals surface area contributed by atoms with Crippen LogP contribution in [0.2, 0.25) is 0 Å². The van der Waals surface area contributed by atoms with Crippen LogP contribution in [-0.4, -0.2) is 19.9 Å². The van der Waals surface area contributed by atoms with Crippen LogP contribution in [0.15, 0.2) is 45.1 Å². The summed E-state index contributed by atoms with van der Waals surface area (Å²) in [6.07, 6.45) is 0. The first-order valence-corrected chi connectivity index (χ1v) is 8.20. The number of aromatic amines is 1. The smallest absolute Gasteiger partial charge is 0.172 e. The number of imidazole rings is 1. The first kappa shape index (κ1) is 14.5. The van der Waals surface area contributed by atoms with Crippen molar-refractivity contribution < 1.29 is 0 Å². The monoisotopic (exact) mass is 362 g/mol. The third-order valence-electron chi connectivity index (χ3n) is 2.91. The Labute approximate surface area is 135 Å².